The van der Waals surface area contributed by atoms with Crippen LogP contribution < -0.4 is 10.1 Å². The summed E-state index contributed by atoms with van der Waals surface area (Å²) in [5, 5.41) is 3.82. The minimum Gasteiger partial charge on any atom is -0.494 e. The number of amides is 1. The predicted molar refractivity (Wildman–Crippen MR) is 114 cm³/mol. The molecule has 1 atom stereocenters. The van der Waals surface area contributed by atoms with Crippen molar-refractivity contribution in [2.45, 2.75) is 31.6 Å². The van der Waals surface area contributed by atoms with Crippen molar-refractivity contribution in [3.63, 3.8) is 0 Å². The smallest absolute Gasteiger partial charge is 0.341 e. The number of thiophene rings is 1. The molecule has 160 valence electrons. The van der Waals surface area contributed by atoms with Crippen LogP contribution in [0, 0.1) is 0 Å². The number of benzene rings is 1. The number of rotatable bonds is 8. The van der Waals surface area contributed by atoms with Gasteiger partial charge in [-0.3, -0.25) is 9.59 Å². The number of carbonyl (C=O) groups is 3. The average molecular weight is 452 g/mol. The first-order valence-corrected chi connectivity index (χ1v) is 10.6. The molecule has 0 radical (unpaired) electrons. The Morgan fingerprint density at radius 2 is 1.90 bits per heavy atom. The molecule has 9 heteroatoms. The van der Waals surface area contributed by atoms with Crippen molar-refractivity contribution >= 4 is 45.8 Å². The van der Waals surface area contributed by atoms with Crippen LogP contribution in [-0.2, 0) is 25.5 Å². The number of anilines is 1. The van der Waals surface area contributed by atoms with Gasteiger partial charge < -0.3 is 19.5 Å². The lowest BCUT2D eigenvalue weighted by atomic mass is 9.99. The Labute approximate surface area is 183 Å². The molecule has 0 saturated carbocycles. The van der Waals surface area contributed by atoms with Crippen molar-refractivity contribution in [3.05, 3.63) is 45.3 Å². The minimum atomic E-state index is -0.579. The number of hydrogen-bond acceptors (Lipinski definition) is 7. The van der Waals surface area contributed by atoms with E-state index in [1.807, 2.05) is 0 Å². The first-order chi connectivity index (χ1) is 14.4. The number of fused-ring (bicyclic) bond motifs is 1. The van der Waals surface area contributed by atoms with E-state index in [1.165, 1.54) is 25.6 Å². The van der Waals surface area contributed by atoms with Crippen LogP contribution in [0.25, 0.3) is 0 Å². The van der Waals surface area contributed by atoms with Gasteiger partial charge in [0.2, 0.25) is 5.91 Å². The van der Waals surface area contributed by atoms with Gasteiger partial charge in [0.05, 0.1) is 32.3 Å². The third kappa shape index (κ3) is 4.94. The fourth-order valence-corrected chi connectivity index (χ4v) is 4.79. The number of ether oxygens (including phenoxy) is 3. The molecule has 2 aromatic rings. The Morgan fingerprint density at radius 1 is 1.17 bits per heavy atom. The van der Waals surface area contributed by atoms with Crippen LogP contribution in [0.15, 0.2) is 24.3 Å². The Balaban J connectivity index is 1.63. The second-order valence-electron chi connectivity index (χ2n) is 6.70. The summed E-state index contributed by atoms with van der Waals surface area (Å²) in [4.78, 5) is 37.8. The largest absolute Gasteiger partial charge is 0.494 e. The van der Waals surface area contributed by atoms with E-state index in [2.05, 4.69) is 5.32 Å². The van der Waals surface area contributed by atoms with Crippen LogP contribution in [0.1, 0.15) is 46.0 Å². The summed E-state index contributed by atoms with van der Waals surface area (Å²) in [6.45, 7) is 0.365. The van der Waals surface area contributed by atoms with E-state index in [0.717, 1.165) is 4.88 Å². The van der Waals surface area contributed by atoms with Gasteiger partial charge in [-0.25, -0.2) is 4.79 Å². The third-order valence-electron chi connectivity index (χ3n) is 4.79. The van der Waals surface area contributed by atoms with E-state index in [1.54, 1.807) is 24.3 Å². The summed E-state index contributed by atoms with van der Waals surface area (Å²) in [6, 6.07) is 6.98. The van der Waals surface area contributed by atoms with Gasteiger partial charge in [0.1, 0.15) is 10.8 Å². The maximum absolute atomic E-state index is 12.4. The molecule has 3 rings (SSSR count). The molecule has 1 aliphatic carbocycles. The van der Waals surface area contributed by atoms with E-state index >= 15 is 0 Å². The molecule has 30 heavy (non-hydrogen) atoms. The van der Waals surface area contributed by atoms with Gasteiger partial charge >= 0.3 is 11.9 Å². The molecule has 1 aliphatic rings. The van der Waals surface area contributed by atoms with Crippen molar-refractivity contribution in [1.82, 2.24) is 0 Å². The highest BCUT2D eigenvalue weighted by Crippen LogP contribution is 2.45. The minimum absolute atomic E-state index is 0.219. The normalized spacial score (nSPS) is 14.7. The van der Waals surface area contributed by atoms with E-state index in [9.17, 15) is 14.4 Å². The van der Waals surface area contributed by atoms with Crippen molar-refractivity contribution < 1.29 is 28.6 Å². The summed E-state index contributed by atoms with van der Waals surface area (Å²) >= 11 is 7.14. The van der Waals surface area contributed by atoms with E-state index in [4.69, 9.17) is 25.8 Å². The monoisotopic (exact) mass is 451 g/mol. The quantitative estimate of drug-likeness (QED) is 0.478. The molecule has 1 aromatic heterocycles. The zero-order valence-corrected chi connectivity index (χ0v) is 18.2. The Bertz CT molecular complexity index is 940. The Morgan fingerprint density at radius 3 is 2.57 bits per heavy atom. The summed E-state index contributed by atoms with van der Waals surface area (Å²) in [6.07, 6.45) is 1.94. The number of methoxy groups -OCH3 is 2. The lowest BCUT2D eigenvalue weighted by Gasteiger charge is -2.12. The predicted octanol–water partition coefficient (Wildman–Crippen LogP) is 4.19. The first-order valence-electron chi connectivity index (χ1n) is 9.44. The second-order valence-corrected chi connectivity index (χ2v) is 8.24. The van der Waals surface area contributed by atoms with Crippen molar-refractivity contribution in [2.75, 3.05) is 26.1 Å². The van der Waals surface area contributed by atoms with Crippen molar-refractivity contribution in [1.29, 1.82) is 0 Å². The molecule has 0 fully saturated rings. The maximum atomic E-state index is 12.4. The average Bonchev–Trinajstić information content (AvgIpc) is 3.30. The maximum Gasteiger partial charge on any atom is 0.341 e. The molecular formula is C21H22ClNO6S. The van der Waals surface area contributed by atoms with Crippen LogP contribution in [-0.4, -0.2) is 38.7 Å². The molecular weight excluding hydrogens is 430 g/mol. The molecule has 1 heterocycles. The van der Waals surface area contributed by atoms with Crippen LogP contribution in [0.2, 0.25) is 5.02 Å². The van der Waals surface area contributed by atoms with Crippen LogP contribution >= 0.6 is 22.9 Å². The molecule has 0 aliphatic heterocycles. The van der Waals surface area contributed by atoms with Gasteiger partial charge in [0, 0.05) is 16.3 Å². The molecule has 0 unspecified atom stereocenters. The summed E-state index contributed by atoms with van der Waals surface area (Å²) < 4.78 is 15.3. The molecule has 1 aromatic carbocycles. The first kappa shape index (κ1) is 22.1. The van der Waals surface area contributed by atoms with Gasteiger partial charge in [-0.1, -0.05) is 11.6 Å². The highest BCUT2D eigenvalue weighted by Gasteiger charge is 2.38. The third-order valence-corrected chi connectivity index (χ3v) is 6.22. The van der Waals surface area contributed by atoms with E-state index in [-0.39, 0.29) is 17.9 Å². The summed E-state index contributed by atoms with van der Waals surface area (Å²) in [5.41, 5.74) is 0.858. The van der Waals surface area contributed by atoms with Crippen LogP contribution in [0.5, 0.6) is 5.75 Å². The molecule has 0 spiro atoms. The lowest BCUT2D eigenvalue weighted by molar-refractivity contribution is -0.142. The number of esters is 2. The van der Waals surface area contributed by atoms with Gasteiger partial charge in [0.25, 0.3) is 0 Å². The number of carbonyl (C=O) groups excluding carboxylic acids is 3. The molecule has 0 saturated heterocycles. The number of nitrogens with one attached hydrogen (secondary N) is 1. The van der Waals surface area contributed by atoms with Gasteiger partial charge in [0.15, 0.2) is 0 Å². The number of halogens is 1. The van der Waals surface area contributed by atoms with Crippen molar-refractivity contribution in [2.24, 2.45) is 0 Å². The number of aryl methyl sites for hydroxylation is 1. The van der Waals surface area contributed by atoms with Crippen LogP contribution in [0.3, 0.4) is 0 Å². The topological polar surface area (TPSA) is 90.9 Å². The van der Waals surface area contributed by atoms with Crippen LogP contribution in [0.4, 0.5) is 5.00 Å². The van der Waals surface area contributed by atoms with Crippen molar-refractivity contribution in [3.8, 4) is 5.75 Å². The van der Waals surface area contributed by atoms with E-state index in [0.29, 0.717) is 47.2 Å². The summed E-state index contributed by atoms with van der Waals surface area (Å²) in [5.74, 6) is -1.06. The van der Waals surface area contributed by atoms with Gasteiger partial charge in [-0.05, 0) is 49.1 Å². The summed E-state index contributed by atoms with van der Waals surface area (Å²) in [7, 11) is 2.59. The highest BCUT2D eigenvalue weighted by molar-refractivity contribution is 7.17. The zero-order valence-electron chi connectivity index (χ0n) is 16.7. The fraction of sp³-hybridized carbons (Fsp3) is 0.381. The Kier molecular flexibility index (Phi) is 7.33. The second kappa shape index (κ2) is 9.95. The highest BCUT2D eigenvalue weighted by atomic mass is 35.5. The zero-order chi connectivity index (χ0) is 21.7. The SMILES string of the molecule is COC(=O)c1c(NC(=O)CCCOc2ccc(Cl)cc2)sc2c1[C@@H](C(=O)OC)CC2. The van der Waals surface area contributed by atoms with E-state index < -0.39 is 17.9 Å². The van der Waals surface area contributed by atoms with Gasteiger partial charge in [-0.2, -0.15) is 0 Å². The van der Waals surface area contributed by atoms with Gasteiger partial charge in [-0.15, -0.1) is 11.3 Å². The number of hydrogen-bond donors (Lipinski definition) is 1. The lowest BCUT2D eigenvalue weighted by Crippen LogP contribution is -2.18. The molecule has 0 bridgehead atoms. The standard InChI is InChI=1S/C21H22ClNO6S/c1-27-20(25)14-9-10-15-17(14)18(21(26)28-2)19(30-15)23-16(24)4-3-11-29-13-7-5-12(22)6-8-13/h5-8,14H,3-4,9-11H2,1-2H3,(H,23,24)/t14-/m0/s1. The Hall–Kier alpha value is -2.58. The molecule has 7 nitrogen and oxygen atoms in total. The molecule has 1 N–H and O–H groups in total. The fourth-order valence-electron chi connectivity index (χ4n) is 3.38. The molecule has 1 amide bonds.